The molecule has 2 aliphatic heterocycles. The third-order valence-electron chi connectivity index (χ3n) is 6.05. The summed E-state index contributed by atoms with van der Waals surface area (Å²) in [6, 6.07) is 0. The van der Waals surface area contributed by atoms with E-state index in [9.17, 15) is 9.90 Å². The molecule has 0 radical (unpaired) electrons. The van der Waals surface area contributed by atoms with Gasteiger partial charge in [0.1, 0.15) is 11.7 Å². The molecule has 104 valence electrons. The van der Waals surface area contributed by atoms with Gasteiger partial charge < -0.3 is 14.6 Å². The van der Waals surface area contributed by atoms with E-state index in [1.165, 1.54) is 0 Å². The topological polar surface area (TPSA) is 59.1 Å². The molecular formula is C15H20O4. The molecule has 0 unspecified atom stereocenters. The van der Waals surface area contributed by atoms with Crippen LogP contribution in [0.3, 0.4) is 0 Å². The predicted molar refractivity (Wildman–Crippen MR) is 67.3 cm³/mol. The van der Waals surface area contributed by atoms with Gasteiger partial charge in [-0.1, -0.05) is 6.58 Å². The van der Waals surface area contributed by atoms with Crippen molar-refractivity contribution in [2.45, 2.75) is 62.4 Å². The van der Waals surface area contributed by atoms with Gasteiger partial charge in [-0.3, -0.25) is 0 Å². The Morgan fingerprint density at radius 3 is 2.79 bits per heavy atom. The maximum atomic E-state index is 11.8. The maximum absolute atomic E-state index is 11.8. The van der Waals surface area contributed by atoms with Gasteiger partial charge in [-0.2, -0.15) is 0 Å². The zero-order valence-corrected chi connectivity index (χ0v) is 11.4. The van der Waals surface area contributed by atoms with Gasteiger partial charge in [0, 0.05) is 11.5 Å². The van der Waals surface area contributed by atoms with E-state index >= 15 is 0 Å². The van der Waals surface area contributed by atoms with Crippen molar-refractivity contribution >= 4 is 5.97 Å². The van der Waals surface area contributed by atoms with Crippen LogP contribution in [0, 0.1) is 11.8 Å². The molecule has 6 atom stereocenters. The van der Waals surface area contributed by atoms with E-state index in [0.717, 1.165) is 19.3 Å². The molecule has 2 saturated heterocycles. The third kappa shape index (κ3) is 1.20. The highest BCUT2D eigenvalue weighted by atomic mass is 16.6. The molecule has 4 fully saturated rings. The van der Waals surface area contributed by atoms with Crippen molar-refractivity contribution in [2.24, 2.45) is 11.8 Å². The Bertz CT molecular complexity index is 496. The summed E-state index contributed by atoms with van der Waals surface area (Å²) in [4.78, 5) is 11.8. The van der Waals surface area contributed by atoms with Crippen LogP contribution >= 0.6 is 0 Å². The Balaban J connectivity index is 1.82. The molecule has 4 aliphatic rings. The first-order valence-corrected chi connectivity index (χ1v) is 7.13. The number of epoxide rings is 1. The Kier molecular flexibility index (Phi) is 1.92. The van der Waals surface area contributed by atoms with Crippen molar-refractivity contribution in [3.63, 3.8) is 0 Å². The van der Waals surface area contributed by atoms with E-state index in [4.69, 9.17) is 9.47 Å². The van der Waals surface area contributed by atoms with Gasteiger partial charge in [-0.25, -0.2) is 4.79 Å². The Labute approximate surface area is 112 Å². The SMILES string of the molecule is C=C1C(=O)O[C@@H]2[C@@H]1CC[C@@]1(C)O[C@]13CC[C@](C)(O)[C@@H]23. The number of carbonyl (C=O) groups excluding carboxylic acids is 1. The molecule has 0 bridgehead atoms. The van der Waals surface area contributed by atoms with E-state index in [1.807, 2.05) is 6.92 Å². The Hall–Kier alpha value is -0.870. The van der Waals surface area contributed by atoms with Crippen LogP contribution in [0.2, 0.25) is 0 Å². The fourth-order valence-corrected chi connectivity index (χ4v) is 4.92. The molecule has 4 rings (SSSR count). The van der Waals surface area contributed by atoms with Crippen molar-refractivity contribution in [2.75, 3.05) is 0 Å². The standard InChI is InChI=1S/C15H20O4/c1-8-9-4-5-14(3)15(19-14)7-6-13(2,17)11(15)10(9)18-12(8)16/h9-11,17H,1,4-7H2,2-3H3/t9-,10-,11-,13+,14-,15+/m1/s1. The number of rotatable bonds is 0. The van der Waals surface area contributed by atoms with Crippen LogP contribution in [0.1, 0.15) is 39.5 Å². The second kappa shape index (κ2) is 3.07. The fourth-order valence-electron chi connectivity index (χ4n) is 4.92. The van der Waals surface area contributed by atoms with Crippen molar-refractivity contribution in [3.05, 3.63) is 12.2 Å². The molecule has 4 heteroatoms. The number of aliphatic hydroxyl groups is 1. The van der Waals surface area contributed by atoms with Crippen LogP contribution in [0.4, 0.5) is 0 Å². The lowest BCUT2D eigenvalue weighted by atomic mass is 9.76. The number of fused-ring (bicyclic) bond motifs is 2. The average molecular weight is 264 g/mol. The minimum atomic E-state index is -0.823. The van der Waals surface area contributed by atoms with Gasteiger partial charge in [-0.05, 0) is 39.5 Å². The highest BCUT2D eigenvalue weighted by Crippen LogP contribution is 2.69. The van der Waals surface area contributed by atoms with E-state index in [-0.39, 0.29) is 35.1 Å². The molecule has 2 aliphatic carbocycles. The summed E-state index contributed by atoms with van der Waals surface area (Å²) in [5.41, 5.74) is -0.695. The highest BCUT2D eigenvalue weighted by Gasteiger charge is 2.79. The molecular weight excluding hydrogens is 244 g/mol. The molecule has 4 nitrogen and oxygen atoms in total. The number of hydrogen-bond donors (Lipinski definition) is 1. The monoisotopic (exact) mass is 264 g/mol. The summed E-state index contributed by atoms with van der Waals surface area (Å²) in [6.07, 6.45) is 3.08. The zero-order valence-electron chi connectivity index (χ0n) is 11.4. The molecule has 0 aromatic rings. The first-order valence-electron chi connectivity index (χ1n) is 7.13. The summed E-state index contributed by atoms with van der Waals surface area (Å²) in [6.45, 7) is 7.87. The van der Waals surface area contributed by atoms with Crippen molar-refractivity contribution in [3.8, 4) is 0 Å². The third-order valence-corrected chi connectivity index (χ3v) is 6.05. The van der Waals surface area contributed by atoms with Crippen molar-refractivity contribution in [1.82, 2.24) is 0 Å². The van der Waals surface area contributed by atoms with Gasteiger partial charge in [0.15, 0.2) is 0 Å². The van der Waals surface area contributed by atoms with Crippen LogP contribution in [-0.2, 0) is 14.3 Å². The van der Waals surface area contributed by atoms with Gasteiger partial charge >= 0.3 is 5.97 Å². The van der Waals surface area contributed by atoms with E-state index < -0.39 is 5.60 Å². The van der Waals surface area contributed by atoms with E-state index in [2.05, 4.69) is 13.5 Å². The van der Waals surface area contributed by atoms with Gasteiger partial charge in [-0.15, -0.1) is 0 Å². The number of hydrogen-bond acceptors (Lipinski definition) is 4. The summed E-state index contributed by atoms with van der Waals surface area (Å²) in [5, 5.41) is 10.7. The highest BCUT2D eigenvalue weighted by molar-refractivity contribution is 5.91. The van der Waals surface area contributed by atoms with Crippen LogP contribution in [0.15, 0.2) is 12.2 Å². The smallest absolute Gasteiger partial charge is 0.334 e. The second-order valence-electron chi connectivity index (χ2n) is 7.10. The first kappa shape index (κ1) is 11.9. The van der Waals surface area contributed by atoms with E-state index in [0.29, 0.717) is 12.0 Å². The number of carbonyl (C=O) groups is 1. The van der Waals surface area contributed by atoms with Gasteiger partial charge in [0.25, 0.3) is 0 Å². The number of esters is 1. The fraction of sp³-hybridized carbons (Fsp3) is 0.800. The lowest BCUT2D eigenvalue weighted by molar-refractivity contribution is -0.147. The van der Waals surface area contributed by atoms with Crippen LogP contribution in [0.5, 0.6) is 0 Å². The second-order valence-corrected chi connectivity index (χ2v) is 7.10. The van der Waals surface area contributed by atoms with Crippen LogP contribution in [-0.4, -0.2) is 34.0 Å². The van der Waals surface area contributed by atoms with Crippen molar-refractivity contribution in [1.29, 1.82) is 0 Å². The van der Waals surface area contributed by atoms with Gasteiger partial charge in [0.2, 0.25) is 0 Å². The molecule has 2 heterocycles. The summed E-state index contributed by atoms with van der Waals surface area (Å²) in [7, 11) is 0. The molecule has 0 aromatic heterocycles. The minimum absolute atomic E-state index is 0.0483. The average Bonchev–Trinajstić information content (AvgIpc) is 2.70. The molecule has 1 N–H and O–H groups in total. The minimum Gasteiger partial charge on any atom is -0.458 e. The Morgan fingerprint density at radius 1 is 1.32 bits per heavy atom. The maximum Gasteiger partial charge on any atom is 0.334 e. The summed E-state index contributed by atoms with van der Waals surface area (Å²) < 4.78 is 11.7. The first-order chi connectivity index (χ1) is 8.81. The van der Waals surface area contributed by atoms with Crippen molar-refractivity contribution < 1.29 is 19.4 Å². The Morgan fingerprint density at radius 2 is 2.05 bits per heavy atom. The van der Waals surface area contributed by atoms with Crippen LogP contribution in [0.25, 0.3) is 0 Å². The quantitative estimate of drug-likeness (QED) is 0.410. The lowest BCUT2D eigenvalue weighted by Crippen LogP contribution is -2.46. The predicted octanol–water partition coefficient (Wildman–Crippen LogP) is 1.57. The largest absolute Gasteiger partial charge is 0.458 e. The van der Waals surface area contributed by atoms with Crippen LogP contribution < -0.4 is 0 Å². The van der Waals surface area contributed by atoms with E-state index in [1.54, 1.807) is 0 Å². The molecule has 0 amide bonds. The normalized spacial score (nSPS) is 59.0. The summed E-state index contributed by atoms with van der Waals surface area (Å²) >= 11 is 0. The molecule has 19 heavy (non-hydrogen) atoms. The zero-order chi connectivity index (χ0) is 13.6. The molecule has 1 spiro atoms. The molecule has 0 aromatic carbocycles. The molecule has 2 saturated carbocycles. The summed E-state index contributed by atoms with van der Waals surface area (Å²) in [5.74, 6) is -0.370. The number of ether oxygens (including phenoxy) is 2. The van der Waals surface area contributed by atoms with Gasteiger partial charge in [0.05, 0.1) is 17.1 Å². The lowest BCUT2D eigenvalue weighted by Gasteiger charge is -2.33.